The Morgan fingerprint density at radius 2 is 2.08 bits per heavy atom. The number of nitrogens with zero attached hydrogens (tertiary/aromatic N) is 4. The van der Waals surface area contributed by atoms with Crippen LogP contribution in [-0.4, -0.2) is 64.2 Å². The van der Waals surface area contributed by atoms with Crippen LogP contribution in [0.4, 0.5) is 0 Å². The number of aliphatic hydroxyl groups excluding tert-OH is 3. The first-order valence-corrected chi connectivity index (χ1v) is 7.51. The monoisotopic (exact) mass is 335 g/mol. The van der Waals surface area contributed by atoms with Crippen molar-refractivity contribution in [1.82, 2.24) is 23.9 Å². The molecule has 4 atom stereocenters. The van der Waals surface area contributed by atoms with E-state index in [1.54, 1.807) is 6.92 Å². The minimum absolute atomic E-state index is 0.132. The maximum absolute atomic E-state index is 12.7. The van der Waals surface area contributed by atoms with Gasteiger partial charge in [0.05, 0.1) is 12.9 Å². The molecule has 3 aromatic heterocycles. The summed E-state index contributed by atoms with van der Waals surface area (Å²) in [6.45, 7) is 3.20. The summed E-state index contributed by atoms with van der Waals surface area (Å²) in [4.78, 5) is 24.2. The van der Waals surface area contributed by atoms with Crippen LogP contribution in [0.25, 0.3) is 16.9 Å². The van der Waals surface area contributed by atoms with Gasteiger partial charge >= 0.3 is 0 Å². The van der Waals surface area contributed by atoms with Crippen LogP contribution in [0.1, 0.15) is 17.6 Å². The first kappa shape index (κ1) is 15.3. The number of rotatable bonds is 2. The van der Waals surface area contributed by atoms with Crippen molar-refractivity contribution in [1.29, 1.82) is 0 Å². The van der Waals surface area contributed by atoms with E-state index < -0.39 is 31.1 Å². The number of ether oxygens (including phenoxy) is 1. The SMILES string of the molecule is Cc1[nH]c2nc3c(ncn3[C@@H]3O[C@H](CO)C(O)[C@@H]3O)c(=O)n2c1C. The second-order valence-corrected chi connectivity index (χ2v) is 5.96. The number of hydrogen-bond donors (Lipinski definition) is 4. The highest BCUT2D eigenvalue weighted by Gasteiger charge is 2.44. The summed E-state index contributed by atoms with van der Waals surface area (Å²) in [5.74, 6) is 0.357. The van der Waals surface area contributed by atoms with Gasteiger partial charge in [-0.1, -0.05) is 0 Å². The lowest BCUT2D eigenvalue weighted by Gasteiger charge is -2.16. The Kier molecular flexibility index (Phi) is 3.25. The molecule has 10 heteroatoms. The Morgan fingerprint density at radius 1 is 1.33 bits per heavy atom. The van der Waals surface area contributed by atoms with E-state index in [2.05, 4.69) is 15.0 Å². The van der Waals surface area contributed by atoms with E-state index in [1.165, 1.54) is 15.3 Å². The third-order valence-corrected chi connectivity index (χ3v) is 4.57. The predicted octanol–water partition coefficient (Wildman–Crippen LogP) is -1.40. The van der Waals surface area contributed by atoms with Crippen molar-refractivity contribution in [3.8, 4) is 0 Å². The summed E-state index contributed by atoms with van der Waals surface area (Å²) in [7, 11) is 0. The van der Waals surface area contributed by atoms with E-state index >= 15 is 0 Å². The van der Waals surface area contributed by atoms with Gasteiger partial charge in [-0.3, -0.25) is 9.36 Å². The lowest BCUT2D eigenvalue weighted by Crippen LogP contribution is -2.33. The van der Waals surface area contributed by atoms with Gasteiger partial charge in [0.15, 0.2) is 17.4 Å². The normalized spacial score (nSPS) is 27.5. The van der Waals surface area contributed by atoms with Crippen LogP contribution in [-0.2, 0) is 4.74 Å². The first-order valence-electron chi connectivity index (χ1n) is 7.51. The second kappa shape index (κ2) is 5.11. The fraction of sp³-hybridized carbons (Fsp3) is 0.500. The van der Waals surface area contributed by atoms with Crippen molar-refractivity contribution in [2.24, 2.45) is 0 Å². The van der Waals surface area contributed by atoms with Crippen molar-refractivity contribution in [3.05, 3.63) is 28.1 Å². The zero-order valence-electron chi connectivity index (χ0n) is 13.0. The van der Waals surface area contributed by atoms with E-state index in [0.717, 1.165) is 11.4 Å². The molecule has 0 amide bonds. The van der Waals surface area contributed by atoms with Gasteiger partial charge in [-0.15, -0.1) is 0 Å². The van der Waals surface area contributed by atoms with Gasteiger partial charge < -0.3 is 25.0 Å². The minimum Gasteiger partial charge on any atom is -0.394 e. The van der Waals surface area contributed by atoms with Crippen LogP contribution in [0.5, 0.6) is 0 Å². The Balaban J connectivity index is 1.92. The number of aryl methyl sites for hydroxylation is 2. The Labute approximate surface area is 135 Å². The van der Waals surface area contributed by atoms with Gasteiger partial charge in [0, 0.05) is 11.4 Å². The van der Waals surface area contributed by atoms with Crippen LogP contribution >= 0.6 is 0 Å². The molecular weight excluding hydrogens is 318 g/mol. The molecule has 128 valence electrons. The molecule has 0 saturated carbocycles. The van der Waals surface area contributed by atoms with E-state index in [-0.39, 0.29) is 16.7 Å². The minimum atomic E-state index is -1.27. The van der Waals surface area contributed by atoms with Crippen molar-refractivity contribution in [3.63, 3.8) is 0 Å². The highest BCUT2D eigenvalue weighted by Crippen LogP contribution is 2.30. The summed E-state index contributed by atoms with van der Waals surface area (Å²) < 4.78 is 8.31. The molecule has 24 heavy (non-hydrogen) atoms. The zero-order chi connectivity index (χ0) is 17.2. The number of aromatic nitrogens is 5. The summed E-state index contributed by atoms with van der Waals surface area (Å²) in [5, 5.41) is 29.3. The van der Waals surface area contributed by atoms with Gasteiger partial charge in [-0.2, -0.15) is 4.98 Å². The lowest BCUT2D eigenvalue weighted by molar-refractivity contribution is -0.0511. The van der Waals surface area contributed by atoms with Crippen LogP contribution in [0.2, 0.25) is 0 Å². The molecule has 0 radical (unpaired) electrons. The Bertz CT molecular complexity index is 989. The molecule has 1 aliphatic rings. The highest BCUT2D eigenvalue weighted by atomic mass is 16.6. The van der Waals surface area contributed by atoms with Crippen molar-refractivity contribution >= 4 is 16.9 Å². The molecule has 1 saturated heterocycles. The molecule has 0 bridgehead atoms. The van der Waals surface area contributed by atoms with Gasteiger partial charge in [0.1, 0.15) is 18.3 Å². The molecule has 0 spiro atoms. The molecule has 3 aromatic rings. The van der Waals surface area contributed by atoms with Crippen molar-refractivity contribution in [2.75, 3.05) is 6.61 Å². The topological polar surface area (TPSA) is 138 Å². The van der Waals surface area contributed by atoms with Gasteiger partial charge in [-0.25, -0.2) is 9.38 Å². The predicted molar refractivity (Wildman–Crippen MR) is 81.6 cm³/mol. The molecule has 1 fully saturated rings. The summed E-state index contributed by atoms with van der Waals surface area (Å²) in [6, 6.07) is 0. The largest absolute Gasteiger partial charge is 0.394 e. The quantitative estimate of drug-likeness (QED) is 0.452. The average molecular weight is 335 g/mol. The third kappa shape index (κ3) is 1.88. The maximum Gasteiger partial charge on any atom is 0.287 e. The van der Waals surface area contributed by atoms with Crippen LogP contribution in [0, 0.1) is 13.8 Å². The van der Waals surface area contributed by atoms with Gasteiger partial charge in [0.2, 0.25) is 5.78 Å². The first-order chi connectivity index (χ1) is 11.4. The standard InChI is InChI=1S/C14H17N5O5/c1-5-6(2)19-12(23)8-11(17-14(19)16-5)18(4-15-8)13-10(22)9(21)7(3-20)24-13/h4,7,9-10,13,20-22H,3H2,1-2H3,(H,16,17)/t7-,9?,10+,13-/m1/s1. The van der Waals surface area contributed by atoms with Crippen LogP contribution in [0.15, 0.2) is 11.1 Å². The number of aliphatic hydroxyl groups is 3. The van der Waals surface area contributed by atoms with Gasteiger partial charge in [-0.05, 0) is 13.8 Å². The highest BCUT2D eigenvalue weighted by molar-refractivity contribution is 5.72. The Morgan fingerprint density at radius 3 is 2.75 bits per heavy atom. The molecule has 4 heterocycles. The smallest absolute Gasteiger partial charge is 0.287 e. The van der Waals surface area contributed by atoms with E-state index in [1.807, 2.05) is 6.92 Å². The molecule has 1 unspecified atom stereocenters. The fourth-order valence-electron chi connectivity index (χ4n) is 3.09. The Hall–Kier alpha value is -2.27. The molecule has 4 rings (SSSR count). The number of nitrogens with one attached hydrogen (secondary N) is 1. The fourth-order valence-corrected chi connectivity index (χ4v) is 3.09. The number of fused-ring (bicyclic) bond motifs is 2. The molecule has 4 N–H and O–H groups in total. The van der Waals surface area contributed by atoms with Gasteiger partial charge in [0.25, 0.3) is 5.56 Å². The van der Waals surface area contributed by atoms with E-state index in [0.29, 0.717) is 5.78 Å². The zero-order valence-corrected chi connectivity index (χ0v) is 13.0. The molecule has 10 nitrogen and oxygen atoms in total. The molecular formula is C14H17N5O5. The second-order valence-electron chi connectivity index (χ2n) is 5.96. The number of aromatic amines is 1. The number of hydrogen-bond acceptors (Lipinski definition) is 7. The maximum atomic E-state index is 12.7. The van der Waals surface area contributed by atoms with Crippen LogP contribution < -0.4 is 5.56 Å². The summed E-state index contributed by atoms with van der Waals surface area (Å²) in [6.07, 6.45) is -3.08. The summed E-state index contributed by atoms with van der Waals surface area (Å²) >= 11 is 0. The number of imidazole rings is 2. The molecule has 0 aliphatic carbocycles. The van der Waals surface area contributed by atoms with E-state index in [4.69, 9.17) is 4.74 Å². The van der Waals surface area contributed by atoms with E-state index in [9.17, 15) is 20.1 Å². The molecule has 1 aliphatic heterocycles. The van der Waals surface area contributed by atoms with Crippen LogP contribution in [0.3, 0.4) is 0 Å². The molecule has 0 aromatic carbocycles. The van der Waals surface area contributed by atoms with Crippen molar-refractivity contribution < 1.29 is 20.1 Å². The number of H-pyrrole nitrogens is 1. The summed E-state index contributed by atoms with van der Waals surface area (Å²) in [5.41, 5.74) is 1.59. The lowest BCUT2D eigenvalue weighted by atomic mass is 10.1. The van der Waals surface area contributed by atoms with Crippen molar-refractivity contribution in [2.45, 2.75) is 38.4 Å². The average Bonchev–Trinajstić information content (AvgIpc) is 3.18. The third-order valence-electron chi connectivity index (χ3n) is 4.57.